The molecule has 22 heavy (non-hydrogen) atoms. The van der Waals surface area contributed by atoms with Crippen LogP contribution >= 0.6 is 33.8 Å². The van der Waals surface area contributed by atoms with Crippen molar-refractivity contribution in [3.8, 4) is 0 Å². The van der Waals surface area contributed by atoms with E-state index in [1.807, 2.05) is 19.1 Å². The molecule has 0 amide bonds. The molecule has 0 saturated carbocycles. The maximum absolute atomic E-state index is 4.60. The van der Waals surface area contributed by atoms with Gasteiger partial charge in [0.1, 0.15) is 6.17 Å². The van der Waals surface area contributed by atoms with E-state index in [-0.39, 0.29) is 6.17 Å². The fraction of sp³-hybridized carbons (Fsp3) is 0.125. The quantitative estimate of drug-likeness (QED) is 0.426. The zero-order valence-electron chi connectivity index (χ0n) is 11.8. The molecule has 2 bridgehead atoms. The second-order valence-electron chi connectivity index (χ2n) is 5.24. The Morgan fingerprint density at radius 2 is 1.41 bits per heavy atom. The van der Waals surface area contributed by atoms with Crippen LogP contribution in [0.2, 0.25) is 0 Å². The van der Waals surface area contributed by atoms with Gasteiger partial charge >= 0.3 is 0 Å². The minimum Gasteiger partial charge on any atom is -0.354 e. The lowest BCUT2D eigenvalue weighted by Crippen LogP contribution is -2.26. The Bertz CT molecular complexity index is 778. The van der Waals surface area contributed by atoms with Gasteiger partial charge in [0.15, 0.2) is 0 Å². The van der Waals surface area contributed by atoms with Crippen LogP contribution in [0.1, 0.15) is 18.1 Å². The first-order valence-electron chi connectivity index (χ1n) is 6.98. The van der Waals surface area contributed by atoms with Gasteiger partial charge in [-0.05, 0) is 19.1 Å². The summed E-state index contributed by atoms with van der Waals surface area (Å²) in [7, 11) is 0.534. The first kappa shape index (κ1) is 14.3. The molecule has 0 saturated heterocycles. The maximum Gasteiger partial charge on any atom is 0.139 e. The van der Waals surface area contributed by atoms with Crippen LogP contribution in [0.5, 0.6) is 0 Å². The Balaban J connectivity index is 2.05. The van der Waals surface area contributed by atoms with Crippen molar-refractivity contribution in [2.75, 3.05) is 5.32 Å². The molecule has 2 aromatic rings. The highest BCUT2D eigenvalue weighted by atomic mass is 32.1. The minimum atomic E-state index is -0.207. The first-order chi connectivity index (χ1) is 10.6. The van der Waals surface area contributed by atoms with Crippen LogP contribution in [0.25, 0.3) is 0 Å². The van der Waals surface area contributed by atoms with E-state index in [4.69, 9.17) is 0 Å². The molecule has 0 unspecified atom stereocenters. The van der Waals surface area contributed by atoms with Crippen LogP contribution in [0, 0.1) is 0 Å². The SMILES string of the molecule is CC1/N=C(/S)c2cccc3c2Pc2c(cccc2/C(S)=N\1)N3. The number of hydrogen-bond acceptors (Lipinski definition) is 3. The Morgan fingerprint density at radius 3 is 1.91 bits per heavy atom. The molecule has 4 rings (SSSR count). The predicted octanol–water partition coefficient (Wildman–Crippen LogP) is 3.09. The van der Waals surface area contributed by atoms with Gasteiger partial charge in [0, 0.05) is 33.1 Å². The fourth-order valence-electron chi connectivity index (χ4n) is 2.75. The fourth-order valence-corrected chi connectivity index (χ4v) is 5.15. The number of hydrogen-bond donors (Lipinski definition) is 3. The van der Waals surface area contributed by atoms with Crippen molar-refractivity contribution in [1.82, 2.24) is 0 Å². The van der Waals surface area contributed by atoms with Crippen molar-refractivity contribution < 1.29 is 0 Å². The second-order valence-corrected chi connectivity index (χ2v) is 7.34. The van der Waals surface area contributed by atoms with E-state index >= 15 is 0 Å². The van der Waals surface area contributed by atoms with Crippen molar-refractivity contribution in [1.29, 1.82) is 0 Å². The zero-order chi connectivity index (χ0) is 15.3. The number of rotatable bonds is 0. The third-order valence-corrected chi connectivity index (χ3v) is 6.04. The summed E-state index contributed by atoms with van der Waals surface area (Å²) in [6, 6.07) is 12.4. The third kappa shape index (κ3) is 2.28. The van der Waals surface area contributed by atoms with E-state index in [0.717, 1.165) is 32.6 Å². The normalized spacial score (nSPS) is 24.8. The highest BCUT2D eigenvalue weighted by molar-refractivity contribution is 7.98. The number of aliphatic imine (C=N–C) groups is 2. The highest BCUT2D eigenvalue weighted by Crippen LogP contribution is 2.34. The third-order valence-electron chi connectivity index (χ3n) is 3.75. The van der Waals surface area contributed by atoms with Crippen LogP contribution in [0.4, 0.5) is 11.4 Å². The molecule has 0 spiro atoms. The molecular formula is C16H14N3PS2. The largest absolute Gasteiger partial charge is 0.354 e. The Kier molecular flexibility index (Phi) is 3.52. The summed E-state index contributed by atoms with van der Waals surface area (Å²) in [6.45, 7) is 1.95. The number of nitrogens with one attached hydrogen (secondary N) is 1. The smallest absolute Gasteiger partial charge is 0.139 e. The van der Waals surface area contributed by atoms with E-state index in [1.54, 1.807) is 0 Å². The lowest BCUT2D eigenvalue weighted by molar-refractivity contribution is 0.801. The highest BCUT2D eigenvalue weighted by Gasteiger charge is 2.23. The summed E-state index contributed by atoms with van der Waals surface area (Å²) in [6.07, 6.45) is -0.207. The molecular weight excluding hydrogens is 329 g/mol. The summed E-state index contributed by atoms with van der Waals surface area (Å²) < 4.78 is 0. The lowest BCUT2D eigenvalue weighted by atomic mass is 10.1. The molecule has 110 valence electrons. The zero-order valence-corrected chi connectivity index (χ0v) is 14.6. The monoisotopic (exact) mass is 343 g/mol. The van der Waals surface area contributed by atoms with Gasteiger partial charge in [0.25, 0.3) is 0 Å². The van der Waals surface area contributed by atoms with Gasteiger partial charge in [-0.1, -0.05) is 32.8 Å². The summed E-state index contributed by atoms with van der Waals surface area (Å²) in [5, 5.41) is 7.49. The van der Waals surface area contributed by atoms with Gasteiger partial charge in [-0.2, -0.15) is 0 Å². The van der Waals surface area contributed by atoms with Crippen molar-refractivity contribution in [3.63, 3.8) is 0 Å². The van der Waals surface area contributed by atoms with E-state index in [1.165, 1.54) is 10.6 Å². The van der Waals surface area contributed by atoms with Crippen molar-refractivity contribution >= 4 is 65.9 Å². The number of nitrogens with zero attached hydrogens (tertiary/aromatic N) is 2. The molecule has 2 aliphatic rings. The molecule has 0 aliphatic carbocycles. The number of thiol groups is 2. The van der Waals surface area contributed by atoms with E-state index in [2.05, 4.69) is 64.8 Å². The maximum atomic E-state index is 4.60. The van der Waals surface area contributed by atoms with E-state index in [9.17, 15) is 0 Å². The van der Waals surface area contributed by atoms with Gasteiger partial charge in [-0.15, -0.1) is 25.3 Å². The molecule has 0 aromatic heterocycles. The lowest BCUT2D eigenvalue weighted by Gasteiger charge is -2.26. The van der Waals surface area contributed by atoms with Crippen LogP contribution in [0.15, 0.2) is 46.4 Å². The Hall–Kier alpha value is -1.29. The summed E-state index contributed by atoms with van der Waals surface area (Å²) in [4.78, 5) is 9.17. The van der Waals surface area contributed by atoms with E-state index in [0.29, 0.717) is 8.58 Å². The van der Waals surface area contributed by atoms with Gasteiger partial charge in [0.05, 0.1) is 10.1 Å². The molecule has 6 heteroatoms. The molecule has 0 radical (unpaired) electrons. The average Bonchev–Trinajstić information content (AvgIpc) is 2.50. The number of anilines is 2. The Morgan fingerprint density at radius 1 is 0.909 bits per heavy atom. The van der Waals surface area contributed by atoms with Crippen LogP contribution < -0.4 is 15.9 Å². The summed E-state index contributed by atoms with van der Waals surface area (Å²) in [5.41, 5.74) is 4.43. The average molecular weight is 343 g/mol. The van der Waals surface area contributed by atoms with Crippen molar-refractivity contribution in [2.24, 2.45) is 9.98 Å². The van der Waals surface area contributed by atoms with Crippen LogP contribution in [-0.4, -0.2) is 16.3 Å². The molecule has 0 fully saturated rings. The van der Waals surface area contributed by atoms with Gasteiger partial charge in [-0.25, -0.2) is 0 Å². The van der Waals surface area contributed by atoms with Crippen LogP contribution in [0.3, 0.4) is 0 Å². The second kappa shape index (κ2) is 5.41. The summed E-state index contributed by atoms with van der Waals surface area (Å²) in [5.74, 6) is 0. The predicted molar refractivity (Wildman–Crippen MR) is 104 cm³/mol. The summed E-state index contributed by atoms with van der Waals surface area (Å²) >= 11 is 9.20. The van der Waals surface area contributed by atoms with Gasteiger partial charge in [0.2, 0.25) is 0 Å². The standard InChI is InChI=1S/C16H14N3PS2/c1-8-17-15(21)9-4-2-6-11-13(9)20-14-10(16(22)18-8)5-3-7-12(14)19-11/h2-8,19-20H,1H3,(H,17,21)(H,18,22). The molecule has 2 aliphatic heterocycles. The van der Waals surface area contributed by atoms with Crippen LogP contribution in [-0.2, 0) is 0 Å². The first-order valence-corrected chi connectivity index (χ1v) is 8.87. The van der Waals surface area contributed by atoms with Crippen molar-refractivity contribution in [2.45, 2.75) is 13.1 Å². The van der Waals surface area contributed by atoms with Gasteiger partial charge < -0.3 is 5.32 Å². The van der Waals surface area contributed by atoms with Crippen molar-refractivity contribution in [3.05, 3.63) is 47.5 Å². The van der Waals surface area contributed by atoms with Gasteiger partial charge in [-0.3, -0.25) is 9.98 Å². The minimum absolute atomic E-state index is 0.207. The topological polar surface area (TPSA) is 36.8 Å². The molecule has 0 atom stereocenters. The molecule has 2 aromatic carbocycles. The molecule has 3 nitrogen and oxygen atoms in total. The molecule has 2 heterocycles. The molecule has 1 N–H and O–H groups in total. The Labute approximate surface area is 142 Å². The number of benzene rings is 2. The van der Waals surface area contributed by atoms with E-state index < -0.39 is 0 Å².